The van der Waals surface area contributed by atoms with E-state index in [0.29, 0.717) is 17.4 Å². The Morgan fingerprint density at radius 2 is 1.74 bits per heavy atom. The molecule has 1 heterocycles. The average molecular weight is 517 g/mol. The van der Waals surface area contributed by atoms with E-state index in [2.05, 4.69) is 16.8 Å². The Balaban J connectivity index is 1.40. The van der Waals surface area contributed by atoms with Crippen LogP contribution in [0.5, 0.6) is 5.75 Å². The molecule has 1 atom stereocenters. The molecule has 3 N–H and O–H groups in total. The van der Waals surface area contributed by atoms with Gasteiger partial charge in [-0.1, -0.05) is 19.3 Å². The van der Waals surface area contributed by atoms with Crippen molar-refractivity contribution in [3.8, 4) is 11.4 Å². The molecule has 0 spiro atoms. The largest absolute Gasteiger partial charge is 0.497 e. The molecule has 0 aliphatic heterocycles. The first-order valence-electron chi connectivity index (χ1n) is 13.6. The van der Waals surface area contributed by atoms with Crippen LogP contribution in [0.25, 0.3) is 5.69 Å². The highest BCUT2D eigenvalue weighted by Crippen LogP contribution is 2.46. The zero-order valence-electron chi connectivity index (χ0n) is 21.9. The lowest BCUT2D eigenvalue weighted by molar-refractivity contribution is -0.136. The molecule has 2 aromatic carbocycles. The monoisotopic (exact) mass is 516 g/mol. The zero-order valence-corrected chi connectivity index (χ0v) is 21.9. The van der Waals surface area contributed by atoms with E-state index in [1.165, 1.54) is 56.2 Å². The number of carboxylic acid groups (broad SMARTS) is 1. The summed E-state index contributed by atoms with van der Waals surface area (Å²) in [5.74, 6) is 0.644. The SMILES string of the molecule is COc1ccc(-n2cc(C(Nc3ccc(C(=O)NCCC(=O)O)cc3)C3CCCCC3)c(C3CC3)n2)cc1. The minimum absolute atomic E-state index is 0.0953. The molecule has 2 saturated carbocycles. The van der Waals surface area contributed by atoms with Crippen molar-refractivity contribution in [2.24, 2.45) is 5.92 Å². The molecular weight excluding hydrogens is 480 g/mol. The van der Waals surface area contributed by atoms with Crippen LogP contribution in [0, 0.1) is 5.92 Å². The Labute approximate surface area is 223 Å². The molecule has 2 aliphatic rings. The highest BCUT2D eigenvalue weighted by atomic mass is 16.5. The number of ether oxygens (including phenoxy) is 1. The van der Waals surface area contributed by atoms with Gasteiger partial charge < -0.3 is 20.5 Å². The number of nitrogens with one attached hydrogen (secondary N) is 2. The predicted molar refractivity (Wildman–Crippen MR) is 146 cm³/mol. The van der Waals surface area contributed by atoms with Gasteiger partial charge in [-0.2, -0.15) is 5.10 Å². The van der Waals surface area contributed by atoms with Crippen molar-refractivity contribution < 1.29 is 19.4 Å². The predicted octanol–water partition coefficient (Wildman–Crippen LogP) is 5.70. The summed E-state index contributed by atoms with van der Waals surface area (Å²) in [5, 5.41) is 20.3. The van der Waals surface area contributed by atoms with Crippen LogP contribution in [0.1, 0.15) is 84.9 Å². The molecule has 38 heavy (non-hydrogen) atoms. The van der Waals surface area contributed by atoms with Gasteiger partial charge in [0.25, 0.3) is 5.91 Å². The van der Waals surface area contributed by atoms with E-state index in [1.54, 1.807) is 19.2 Å². The third-order valence-electron chi connectivity index (χ3n) is 7.62. The van der Waals surface area contributed by atoms with E-state index in [9.17, 15) is 9.59 Å². The molecule has 1 amide bonds. The number of carbonyl (C=O) groups excluding carboxylic acids is 1. The van der Waals surface area contributed by atoms with Crippen LogP contribution in [0.4, 0.5) is 5.69 Å². The molecule has 0 saturated heterocycles. The second-order valence-corrected chi connectivity index (χ2v) is 10.4. The quantitative estimate of drug-likeness (QED) is 0.302. The van der Waals surface area contributed by atoms with E-state index in [-0.39, 0.29) is 24.9 Å². The first-order chi connectivity index (χ1) is 18.5. The zero-order chi connectivity index (χ0) is 26.5. The number of aliphatic carboxylic acids is 1. The van der Waals surface area contributed by atoms with Crippen LogP contribution in [-0.2, 0) is 4.79 Å². The Hall–Kier alpha value is -3.81. The maximum atomic E-state index is 12.4. The van der Waals surface area contributed by atoms with Gasteiger partial charge in [0.05, 0.1) is 31.0 Å². The number of carbonyl (C=O) groups is 2. The number of amides is 1. The standard InChI is InChI=1S/C30H36N4O4/c1-38-25-15-13-24(14-16-25)34-19-26(29(33-34)21-7-8-21)28(20-5-3-2-4-6-20)32-23-11-9-22(10-12-23)30(37)31-18-17-27(35)36/h9-16,19-21,28,32H,2-8,17-18H2,1H3,(H,31,37)(H,35,36). The van der Waals surface area contributed by atoms with Crippen molar-refractivity contribution in [3.63, 3.8) is 0 Å². The van der Waals surface area contributed by atoms with E-state index in [4.69, 9.17) is 14.9 Å². The van der Waals surface area contributed by atoms with Crippen molar-refractivity contribution in [1.82, 2.24) is 15.1 Å². The molecule has 0 radical (unpaired) electrons. The van der Waals surface area contributed by atoms with Crippen LogP contribution in [0.2, 0.25) is 0 Å². The lowest BCUT2D eigenvalue weighted by atomic mass is 9.80. The summed E-state index contributed by atoms with van der Waals surface area (Å²) in [5.41, 5.74) is 4.95. The second kappa shape index (κ2) is 11.7. The van der Waals surface area contributed by atoms with Gasteiger partial charge in [0.1, 0.15) is 5.75 Å². The summed E-state index contributed by atoms with van der Waals surface area (Å²) in [6.45, 7) is 0.111. The molecule has 8 nitrogen and oxygen atoms in total. The molecular formula is C30H36N4O4. The van der Waals surface area contributed by atoms with Gasteiger partial charge in [0.15, 0.2) is 0 Å². The van der Waals surface area contributed by atoms with Crippen LogP contribution in [0.15, 0.2) is 54.7 Å². The molecule has 200 valence electrons. The molecule has 3 aromatic rings. The smallest absolute Gasteiger partial charge is 0.305 e. The van der Waals surface area contributed by atoms with Crippen molar-refractivity contribution in [2.45, 2.75) is 63.3 Å². The number of methoxy groups -OCH3 is 1. The summed E-state index contributed by atoms with van der Waals surface area (Å²) < 4.78 is 7.33. The molecule has 1 unspecified atom stereocenters. The van der Waals surface area contributed by atoms with E-state index < -0.39 is 5.97 Å². The van der Waals surface area contributed by atoms with Crippen molar-refractivity contribution in [1.29, 1.82) is 0 Å². The van der Waals surface area contributed by atoms with Crippen molar-refractivity contribution in [3.05, 3.63) is 71.5 Å². The highest BCUT2D eigenvalue weighted by Gasteiger charge is 2.35. The fourth-order valence-electron chi connectivity index (χ4n) is 5.38. The first-order valence-corrected chi connectivity index (χ1v) is 13.6. The fourth-order valence-corrected chi connectivity index (χ4v) is 5.38. The summed E-state index contributed by atoms with van der Waals surface area (Å²) in [6.07, 6.45) is 10.6. The third kappa shape index (κ3) is 6.18. The number of carboxylic acids is 1. The number of hydrogen-bond acceptors (Lipinski definition) is 5. The number of benzene rings is 2. The molecule has 2 aliphatic carbocycles. The number of nitrogens with zero attached hydrogens (tertiary/aromatic N) is 2. The Morgan fingerprint density at radius 3 is 2.37 bits per heavy atom. The van der Waals surface area contributed by atoms with Gasteiger partial charge >= 0.3 is 5.97 Å². The second-order valence-electron chi connectivity index (χ2n) is 10.4. The van der Waals surface area contributed by atoms with Gasteiger partial charge in [0.2, 0.25) is 0 Å². The molecule has 5 rings (SSSR count). The van der Waals surface area contributed by atoms with E-state index in [1.807, 2.05) is 41.1 Å². The normalized spacial score (nSPS) is 16.6. The van der Waals surface area contributed by atoms with Crippen molar-refractivity contribution in [2.75, 3.05) is 19.0 Å². The lowest BCUT2D eigenvalue weighted by Crippen LogP contribution is -2.26. The Bertz CT molecular complexity index is 1240. The van der Waals surface area contributed by atoms with Gasteiger partial charge in [-0.15, -0.1) is 0 Å². The third-order valence-corrected chi connectivity index (χ3v) is 7.62. The Kier molecular flexibility index (Phi) is 7.96. The van der Waals surface area contributed by atoms with E-state index in [0.717, 1.165) is 17.1 Å². The van der Waals surface area contributed by atoms with Crippen LogP contribution < -0.4 is 15.4 Å². The molecule has 8 heteroatoms. The van der Waals surface area contributed by atoms with Gasteiger partial charge in [0, 0.05) is 35.5 Å². The summed E-state index contributed by atoms with van der Waals surface area (Å²) in [7, 11) is 1.67. The summed E-state index contributed by atoms with van der Waals surface area (Å²) in [6, 6.07) is 15.6. The maximum absolute atomic E-state index is 12.4. The minimum atomic E-state index is -0.931. The van der Waals surface area contributed by atoms with Gasteiger partial charge in [-0.25, -0.2) is 4.68 Å². The number of hydrogen-bond donors (Lipinski definition) is 3. The van der Waals surface area contributed by atoms with E-state index >= 15 is 0 Å². The highest BCUT2D eigenvalue weighted by molar-refractivity contribution is 5.94. The molecule has 2 fully saturated rings. The Morgan fingerprint density at radius 1 is 1.03 bits per heavy atom. The fraction of sp³-hybridized carbons (Fsp3) is 0.433. The lowest BCUT2D eigenvalue weighted by Gasteiger charge is -2.32. The maximum Gasteiger partial charge on any atom is 0.305 e. The first kappa shape index (κ1) is 25.8. The van der Waals surface area contributed by atoms with Gasteiger partial charge in [-0.3, -0.25) is 9.59 Å². The van der Waals surface area contributed by atoms with Crippen LogP contribution in [0.3, 0.4) is 0 Å². The molecule has 1 aromatic heterocycles. The topological polar surface area (TPSA) is 105 Å². The minimum Gasteiger partial charge on any atom is -0.497 e. The summed E-state index contributed by atoms with van der Waals surface area (Å²) in [4.78, 5) is 23.1. The number of aromatic nitrogens is 2. The van der Waals surface area contributed by atoms with Crippen molar-refractivity contribution >= 4 is 17.6 Å². The van der Waals surface area contributed by atoms with Crippen LogP contribution in [-0.4, -0.2) is 40.4 Å². The summed E-state index contributed by atoms with van der Waals surface area (Å²) >= 11 is 0. The number of anilines is 1. The van der Waals surface area contributed by atoms with Crippen LogP contribution >= 0.6 is 0 Å². The van der Waals surface area contributed by atoms with Gasteiger partial charge in [-0.05, 0) is 80.1 Å². The average Bonchev–Trinajstić information content (AvgIpc) is 3.70. The number of rotatable bonds is 11. The molecule has 0 bridgehead atoms.